The predicted molar refractivity (Wildman–Crippen MR) is 43.9 cm³/mol. The van der Waals surface area contributed by atoms with Gasteiger partial charge in [0.05, 0.1) is 6.04 Å². The summed E-state index contributed by atoms with van der Waals surface area (Å²) in [6.45, 7) is 0.242. The minimum absolute atomic E-state index is 0.155. The SMILES string of the molecule is N[C@@H]1COc2c1cc(O)c(O)c2O. The van der Waals surface area contributed by atoms with Gasteiger partial charge in [0.2, 0.25) is 11.5 Å². The summed E-state index contributed by atoms with van der Waals surface area (Å²) in [4.78, 5) is 0. The van der Waals surface area contributed by atoms with Crippen molar-refractivity contribution in [2.45, 2.75) is 6.04 Å². The van der Waals surface area contributed by atoms with Gasteiger partial charge in [0.1, 0.15) is 6.61 Å². The van der Waals surface area contributed by atoms with E-state index in [1.807, 2.05) is 0 Å². The number of rotatable bonds is 0. The largest absolute Gasteiger partial charge is 0.504 e. The molecule has 0 spiro atoms. The number of hydrogen-bond acceptors (Lipinski definition) is 5. The molecule has 70 valence electrons. The van der Waals surface area contributed by atoms with Crippen molar-refractivity contribution >= 4 is 0 Å². The van der Waals surface area contributed by atoms with Crippen molar-refractivity contribution in [2.75, 3.05) is 6.61 Å². The molecule has 1 aliphatic heterocycles. The lowest BCUT2D eigenvalue weighted by atomic mass is 10.1. The van der Waals surface area contributed by atoms with Gasteiger partial charge in [-0.1, -0.05) is 0 Å². The Morgan fingerprint density at radius 1 is 1.31 bits per heavy atom. The van der Waals surface area contributed by atoms with E-state index in [1.54, 1.807) is 0 Å². The highest BCUT2D eigenvalue weighted by atomic mass is 16.5. The van der Waals surface area contributed by atoms with Crippen LogP contribution in [0.25, 0.3) is 0 Å². The zero-order chi connectivity index (χ0) is 9.59. The average Bonchev–Trinajstić information content (AvgIpc) is 2.45. The van der Waals surface area contributed by atoms with Crippen LogP contribution in [0.1, 0.15) is 11.6 Å². The van der Waals surface area contributed by atoms with Gasteiger partial charge in [-0.05, 0) is 6.07 Å². The van der Waals surface area contributed by atoms with E-state index in [0.717, 1.165) is 0 Å². The van der Waals surface area contributed by atoms with E-state index in [1.165, 1.54) is 6.07 Å². The van der Waals surface area contributed by atoms with Crippen molar-refractivity contribution in [1.29, 1.82) is 0 Å². The summed E-state index contributed by atoms with van der Waals surface area (Å²) in [6, 6.07) is 0.926. The van der Waals surface area contributed by atoms with Crippen LogP contribution >= 0.6 is 0 Å². The Kier molecular flexibility index (Phi) is 1.50. The Bertz CT molecular complexity index is 364. The van der Waals surface area contributed by atoms with Crippen molar-refractivity contribution in [3.8, 4) is 23.0 Å². The van der Waals surface area contributed by atoms with Crippen molar-refractivity contribution in [2.24, 2.45) is 5.73 Å². The van der Waals surface area contributed by atoms with E-state index in [9.17, 15) is 5.11 Å². The molecule has 5 nitrogen and oxygen atoms in total. The Balaban J connectivity index is 2.67. The monoisotopic (exact) mass is 183 g/mol. The third-order valence-corrected chi connectivity index (χ3v) is 2.04. The molecule has 0 aliphatic carbocycles. The number of benzene rings is 1. The number of aromatic hydroxyl groups is 3. The van der Waals surface area contributed by atoms with Gasteiger partial charge in [0, 0.05) is 5.56 Å². The Labute approximate surface area is 74.0 Å². The molecule has 13 heavy (non-hydrogen) atoms. The summed E-state index contributed by atoms with van der Waals surface area (Å²) in [7, 11) is 0. The van der Waals surface area contributed by atoms with Crippen LogP contribution in [-0.4, -0.2) is 21.9 Å². The molecular weight excluding hydrogens is 174 g/mol. The first kappa shape index (κ1) is 8.00. The standard InChI is InChI=1S/C8H9NO4/c9-4-2-13-8-3(4)1-5(10)6(11)7(8)12/h1,4,10-12H,2,9H2/t4-/m1/s1. The first-order valence-electron chi connectivity index (χ1n) is 3.77. The summed E-state index contributed by atoms with van der Waals surface area (Å²) in [6.07, 6.45) is 0. The molecule has 1 heterocycles. The van der Waals surface area contributed by atoms with E-state index in [4.69, 9.17) is 20.7 Å². The third kappa shape index (κ3) is 0.972. The van der Waals surface area contributed by atoms with Gasteiger partial charge in [0.15, 0.2) is 11.5 Å². The van der Waals surface area contributed by atoms with E-state index in [0.29, 0.717) is 5.56 Å². The number of phenolic OH excluding ortho intramolecular Hbond substituents is 3. The van der Waals surface area contributed by atoms with E-state index >= 15 is 0 Å². The van der Waals surface area contributed by atoms with Gasteiger partial charge in [-0.15, -0.1) is 0 Å². The maximum Gasteiger partial charge on any atom is 0.204 e. The fourth-order valence-electron chi connectivity index (χ4n) is 1.34. The van der Waals surface area contributed by atoms with Gasteiger partial charge >= 0.3 is 0 Å². The molecule has 5 heteroatoms. The fourth-order valence-corrected chi connectivity index (χ4v) is 1.34. The number of hydrogen-bond donors (Lipinski definition) is 4. The van der Waals surface area contributed by atoms with Gasteiger partial charge in [-0.25, -0.2) is 0 Å². The normalized spacial score (nSPS) is 19.6. The minimum Gasteiger partial charge on any atom is -0.504 e. The van der Waals surface area contributed by atoms with E-state index < -0.39 is 17.2 Å². The number of nitrogens with two attached hydrogens (primary N) is 1. The minimum atomic E-state index is -0.576. The Morgan fingerprint density at radius 3 is 2.69 bits per heavy atom. The molecular formula is C8H9NO4. The zero-order valence-corrected chi connectivity index (χ0v) is 6.69. The predicted octanol–water partition coefficient (Wildman–Crippen LogP) is 0.196. The molecule has 0 fully saturated rings. The lowest BCUT2D eigenvalue weighted by molar-refractivity contribution is 0.306. The lowest BCUT2D eigenvalue weighted by Crippen LogP contribution is -2.10. The van der Waals surface area contributed by atoms with Crippen LogP contribution < -0.4 is 10.5 Å². The highest BCUT2D eigenvalue weighted by Crippen LogP contribution is 2.48. The van der Waals surface area contributed by atoms with Crippen LogP contribution in [0.2, 0.25) is 0 Å². The second-order valence-electron chi connectivity index (χ2n) is 2.93. The molecule has 0 bridgehead atoms. The number of phenols is 3. The summed E-state index contributed by atoms with van der Waals surface area (Å²) >= 11 is 0. The van der Waals surface area contributed by atoms with Crippen LogP contribution in [0.4, 0.5) is 0 Å². The van der Waals surface area contributed by atoms with Gasteiger partial charge in [0.25, 0.3) is 0 Å². The molecule has 0 unspecified atom stereocenters. The molecule has 1 aromatic carbocycles. The van der Waals surface area contributed by atoms with E-state index in [-0.39, 0.29) is 18.4 Å². The lowest BCUT2D eigenvalue weighted by Gasteiger charge is -2.06. The van der Waals surface area contributed by atoms with Crippen molar-refractivity contribution in [3.05, 3.63) is 11.6 Å². The average molecular weight is 183 g/mol. The fraction of sp³-hybridized carbons (Fsp3) is 0.250. The highest BCUT2D eigenvalue weighted by Gasteiger charge is 2.27. The quantitative estimate of drug-likeness (QED) is 0.431. The van der Waals surface area contributed by atoms with Crippen molar-refractivity contribution < 1.29 is 20.1 Å². The van der Waals surface area contributed by atoms with Crippen LogP contribution in [0.5, 0.6) is 23.0 Å². The molecule has 2 rings (SSSR count). The highest BCUT2D eigenvalue weighted by molar-refractivity contribution is 5.62. The second kappa shape index (κ2) is 2.43. The molecule has 5 N–H and O–H groups in total. The topological polar surface area (TPSA) is 95.9 Å². The van der Waals surface area contributed by atoms with Gasteiger partial charge < -0.3 is 25.8 Å². The van der Waals surface area contributed by atoms with Crippen LogP contribution in [0.15, 0.2) is 6.07 Å². The molecule has 0 saturated heterocycles. The number of fused-ring (bicyclic) bond motifs is 1. The Hall–Kier alpha value is -1.62. The third-order valence-electron chi connectivity index (χ3n) is 2.04. The smallest absolute Gasteiger partial charge is 0.204 e. The molecule has 0 amide bonds. The summed E-state index contributed by atoms with van der Waals surface area (Å²) in [5.74, 6) is -1.27. The molecule has 1 aliphatic rings. The molecule has 1 atom stereocenters. The van der Waals surface area contributed by atoms with Crippen molar-refractivity contribution in [1.82, 2.24) is 0 Å². The molecule has 0 radical (unpaired) electrons. The van der Waals surface area contributed by atoms with Crippen molar-refractivity contribution in [3.63, 3.8) is 0 Å². The van der Waals surface area contributed by atoms with Crippen LogP contribution in [-0.2, 0) is 0 Å². The summed E-state index contributed by atoms with van der Waals surface area (Å²) < 4.78 is 5.03. The first-order valence-corrected chi connectivity index (χ1v) is 3.77. The first-order chi connectivity index (χ1) is 6.11. The van der Waals surface area contributed by atoms with E-state index in [2.05, 4.69) is 0 Å². The molecule has 0 saturated carbocycles. The summed E-state index contributed by atoms with van der Waals surface area (Å²) in [5.41, 5.74) is 6.11. The molecule has 0 aromatic heterocycles. The Morgan fingerprint density at radius 2 is 2.00 bits per heavy atom. The zero-order valence-electron chi connectivity index (χ0n) is 6.69. The van der Waals surface area contributed by atoms with Crippen LogP contribution in [0.3, 0.4) is 0 Å². The van der Waals surface area contributed by atoms with Gasteiger partial charge in [-0.3, -0.25) is 0 Å². The maximum atomic E-state index is 9.33. The van der Waals surface area contributed by atoms with Crippen LogP contribution in [0, 0.1) is 0 Å². The maximum absolute atomic E-state index is 9.33. The second-order valence-corrected chi connectivity index (χ2v) is 2.93. The van der Waals surface area contributed by atoms with Gasteiger partial charge in [-0.2, -0.15) is 0 Å². The molecule has 1 aromatic rings. The summed E-state index contributed by atoms with van der Waals surface area (Å²) in [5, 5.41) is 27.6. The number of ether oxygens (including phenoxy) is 1.